The molecule has 2 amide bonds. The normalized spacial score (nSPS) is 10.5. The molecule has 0 unspecified atom stereocenters. The number of fused-ring (bicyclic) bond motifs is 1. The number of rotatable bonds is 5. The van der Waals surface area contributed by atoms with Crippen molar-refractivity contribution >= 4 is 45.6 Å². The standard InChI is InChI=1S/C25H19ClN2O3/c1-31-23-14-18-10-6-5-9-17(18)13-20(23)25(30)27-19-11-12-21(26)22(15-19)28-24(29)16-7-3-2-4-8-16/h2-15H,1H3,(H,27,30)(H,28,29). The van der Waals surface area contributed by atoms with Crippen LogP contribution in [0.15, 0.2) is 84.9 Å². The maximum atomic E-state index is 13.0. The van der Waals surface area contributed by atoms with Crippen LogP contribution < -0.4 is 15.4 Å². The van der Waals surface area contributed by atoms with Gasteiger partial charge in [-0.1, -0.05) is 54.1 Å². The Balaban J connectivity index is 1.58. The van der Waals surface area contributed by atoms with Crippen molar-refractivity contribution in [3.8, 4) is 5.75 Å². The highest BCUT2D eigenvalue weighted by Crippen LogP contribution is 2.29. The number of anilines is 2. The number of carbonyl (C=O) groups is 2. The van der Waals surface area contributed by atoms with E-state index in [1.165, 1.54) is 7.11 Å². The monoisotopic (exact) mass is 430 g/mol. The number of methoxy groups -OCH3 is 1. The van der Waals surface area contributed by atoms with E-state index in [0.29, 0.717) is 33.3 Å². The Labute approximate surface area is 184 Å². The lowest BCUT2D eigenvalue weighted by molar-refractivity contribution is 0.101. The first-order valence-corrected chi connectivity index (χ1v) is 9.97. The number of benzene rings is 4. The van der Waals surface area contributed by atoms with E-state index in [0.717, 1.165) is 10.8 Å². The van der Waals surface area contributed by atoms with E-state index in [9.17, 15) is 9.59 Å². The molecule has 4 rings (SSSR count). The van der Waals surface area contributed by atoms with Crippen LogP contribution in [0.5, 0.6) is 5.75 Å². The highest BCUT2D eigenvalue weighted by Gasteiger charge is 2.15. The van der Waals surface area contributed by atoms with Gasteiger partial charge in [0, 0.05) is 11.3 Å². The summed E-state index contributed by atoms with van der Waals surface area (Å²) in [6.45, 7) is 0. The lowest BCUT2D eigenvalue weighted by atomic mass is 10.1. The number of hydrogen-bond donors (Lipinski definition) is 2. The second-order valence-corrected chi connectivity index (χ2v) is 7.28. The Bertz CT molecular complexity index is 1270. The topological polar surface area (TPSA) is 67.4 Å². The van der Waals surface area contributed by atoms with Crippen LogP contribution in [-0.2, 0) is 0 Å². The highest BCUT2D eigenvalue weighted by atomic mass is 35.5. The zero-order chi connectivity index (χ0) is 21.8. The fraction of sp³-hybridized carbons (Fsp3) is 0.0400. The van der Waals surface area contributed by atoms with Crippen molar-refractivity contribution in [2.45, 2.75) is 0 Å². The molecule has 0 aliphatic rings. The smallest absolute Gasteiger partial charge is 0.259 e. The average Bonchev–Trinajstić information content (AvgIpc) is 2.80. The van der Waals surface area contributed by atoms with Crippen LogP contribution in [0.1, 0.15) is 20.7 Å². The van der Waals surface area contributed by atoms with Gasteiger partial charge in [0.1, 0.15) is 5.75 Å². The third-order valence-electron chi connectivity index (χ3n) is 4.82. The molecule has 0 fully saturated rings. The molecule has 4 aromatic carbocycles. The van der Waals surface area contributed by atoms with Gasteiger partial charge in [-0.3, -0.25) is 9.59 Å². The van der Waals surface area contributed by atoms with Gasteiger partial charge in [-0.25, -0.2) is 0 Å². The van der Waals surface area contributed by atoms with Gasteiger partial charge in [-0.15, -0.1) is 0 Å². The predicted molar refractivity (Wildman–Crippen MR) is 124 cm³/mol. The van der Waals surface area contributed by atoms with Gasteiger partial charge in [0.25, 0.3) is 11.8 Å². The minimum Gasteiger partial charge on any atom is -0.496 e. The second kappa shape index (κ2) is 8.90. The number of amides is 2. The van der Waals surface area contributed by atoms with E-state index in [-0.39, 0.29) is 11.8 Å². The van der Waals surface area contributed by atoms with Gasteiger partial charge in [-0.05, 0) is 53.2 Å². The first-order chi connectivity index (χ1) is 15.0. The van der Waals surface area contributed by atoms with Gasteiger partial charge in [0.15, 0.2) is 0 Å². The Morgan fingerprint density at radius 1 is 0.774 bits per heavy atom. The van der Waals surface area contributed by atoms with Crippen LogP contribution in [0.2, 0.25) is 5.02 Å². The van der Waals surface area contributed by atoms with Crippen molar-refractivity contribution in [2.75, 3.05) is 17.7 Å². The van der Waals surface area contributed by atoms with Gasteiger partial charge in [0.2, 0.25) is 0 Å². The molecule has 0 aliphatic carbocycles. The summed E-state index contributed by atoms with van der Waals surface area (Å²) >= 11 is 6.25. The molecule has 4 aromatic rings. The summed E-state index contributed by atoms with van der Waals surface area (Å²) < 4.78 is 5.42. The highest BCUT2D eigenvalue weighted by molar-refractivity contribution is 6.34. The van der Waals surface area contributed by atoms with Crippen molar-refractivity contribution < 1.29 is 14.3 Å². The van der Waals surface area contributed by atoms with Crippen molar-refractivity contribution in [1.82, 2.24) is 0 Å². The number of halogens is 1. The number of nitrogens with one attached hydrogen (secondary N) is 2. The molecular formula is C25H19ClN2O3. The number of ether oxygens (including phenoxy) is 1. The Hall–Kier alpha value is -3.83. The first-order valence-electron chi connectivity index (χ1n) is 9.59. The molecule has 0 spiro atoms. The van der Waals surface area contributed by atoms with Gasteiger partial charge < -0.3 is 15.4 Å². The largest absolute Gasteiger partial charge is 0.496 e. The van der Waals surface area contributed by atoms with E-state index in [1.807, 2.05) is 36.4 Å². The minimum atomic E-state index is -0.328. The van der Waals surface area contributed by atoms with E-state index >= 15 is 0 Å². The molecule has 0 atom stereocenters. The summed E-state index contributed by atoms with van der Waals surface area (Å²) in [6, 6.07) is 25.1. The third kappa shape index (κ3) is 4.52. The van der Waals surface area contributed by atoms with Crippen molar-refractivity contribution in [1.29, 1.82) is 0 Å². The second-order valence-electron chi connectivity index (χ2n) is 6.87. The average molecular weight is 431 g/mol. The zero-order valence-corrected chi connectivity index (χ0v) is 17.4. The van der Waals surface area contributed by atoms with Crippen LogP contribution in [0, 0.1) is 0 Å². The molecule has 2 N–H and O–H groups in total. The number of hydrogen-bond acceptors (Lipinski definition) is 3. The maximum Gasteiger partial charge on any atom is 0.259 e. The maximum absolute atomic E-state index is 13.0. The van der Waals surface area contributed by atoms with Crippen LogP contribution >= 0.6 is 11.6 Å². The lowest BCUT2D eigenvalue weighted by Crippen LogP contribution is -2.15. The van der Waals surface area contributed by atoms with E-state index in [1.54, 1.807) is 48.5 Å². The Kier molecular flexibility index (Phi) is 5.87. The summed E-state index contributed by atoms with van der Waals surface area (Å²) in [4.78, 5) is 25.4. The predicted octanol–water partition coefficient (Wildman–Crippen LogP) is 6.01. The van der Waals surface area contributed by atoms with Crippen LogP contribution in [0.3, 0.4) is 0 Å². The summed E-state index contributed by atoms with van der Waals surface area (Å²) in [5.41, 5.74) is 1.81. The zero-order valence-electron chi connectivity index (χ0n) is 16.7. The third-order valence-corrected chi connectivity index (χ3v) is 5.15. The van der Waals surface area contributed by atoms with Gasteiger partial charge >= 0.3 is 0 Å². The number of carbonyl (C=O) groups excluding carboxylic acids is 2. The minimum absolute atomic E-state index is 0.290. The van der Waals surface area contributed by atoms with Crippen LogP contribution in [0.4, 0.5) is 11.4 Å². The van der Waals surface area contributed by atoms with Gasteiger partial charge in [-0.2, -0.15) is 0 Å². The summed E-state index contributed by atoms with van der Waals surface area (Å²) in [5.74, 6) is -0.143. The van der Waals surface area contributed by atoms with E-state index in [4.69, 9.17) is 16.3 Å². The summed E-state index contributed by atoms with van der Waals surface area (Å²) in [6.07, 6.45) is 0. The molecule has 5 nitrogen and oxygen atoms in total. The van der Waals surface area contributed by atoms with Crippen molar-refractivity contribution in [2.24, 2.45) is 0 Å². The van der Waals surface area contributed by atoms with E-state index < -0.39 is 0 Å². The van der Waals surface area contributed by atoms with Gasteiger partial charge in [0.05, 0.1) is 23.4 Å². The molecule has 0 bridgehead atoms. The van der Waals surface area contributed by atoms with E-state index in [2.05, 4.69) is 10.6 Å². The van der Waals surface area contributed by atoms with Crippen LogP contribution in [-0.4, -0.2) is 18.9 Å². The molecule has 0 aromatic heterocycles. The fourth-order valence-corrected chi connectivity index (χ4v) is 3.41. The van der Waals surface area contributed by atoms with Crippen LogP contribution in [0.25, 0.3) is 10.8 Å². The summed E-state index contributed by atoms with van der Waals surface area (Å²) in [5, 5.41) is 7.91. The molecule has 0 aliphatic heterocycles. The summed E-state index contributed by atoms with van der Waals surface area (Å²) in [7, 11) is 1.53. The Morgan fingerprint density at radius 2 is 1.45 bits per heavy atom. The molecular weight excluding hydrogens is 412 g/mol. The molecule has 154 valence electrons. The SMILES string of the molecule is COc1cc2ccccc2cc1C(=O)Nc1ccc(Cl)c(NC(=O)c2ccccc2)c1. The van der Waals surface area contributed by atoms with Crippen molar-refractivity contribution in [3.63, 3.8) is 0 Å². The van der Waals surface area contributed by atoms with Crippen molar-refractivity contribution in [3.05, 3.63) is 101 Å². The molecule has 0 saturated carbocycles. The molecule has 0 radical (unpaired) electrons. The molecule has 31 heavy (non-hydrogen) atoms. The molecule has 0 saturated heterocycles. The lowest BCUT2D eigenvalue weighted by Gasteiger charge is -2.13. The molecule has 0 heterocycles. The quantitative estimate of drug-likeness (QED) is 0.407. The molecule has 6 heteroatoms. The Morgan fingerprint density at radius 3 is 2.16 bits per heavy atom. The first kappa shape index (κ1) is 20.4. The fourth-order valence-electron chi connectivity index (χ4n) is 3.25.